The molecule has 11 nitrogen and oxygen atoms in total. The SMILES string of the molecule is O=C(C=Cc1ccc(O)c(O)c1)OCC(CO)OC1OC(CO)C(O)C(O)C1O. The Morgan fingerprint density at radius 1 is 1.10 bits per heavy atom. The molecule has 6 unspecified atom stereocenters. The Balaban J connectivity index is 1.88. The molecule has 29 heavy (non-hydrogen) atoms. The lowest BCUT2D eigenvalue weighted by Gasteiger charge is -2.40. The van der Waals surface area contributed by atoms with E-state index in [2.05, 4.69) is 0 Å². The van der Waals surface area contributed by atoms with Gasteiger partial charge in [-0.2, -0.15) is 0 Å². The molecule has 1 fully saturated rings. The predicted octanol–water partition coefficient (Wildman–Crippen LogP) is -2.17. The van der Waals surface area contributed by atoms with Crippen LogP contribution in [0.15, 0.2) is 24.3 Å². The number of esters is 1. The molecule has 0 amide bonds. The molecule has 1 aliphatic heterocycles. The second kappa shape index (κ2) is 10.5. The Bertz CT molecular complexity index is 705. The van der Waals surface area contributed by atoms with Crippen molar-refractivity contribution in [3.63, 3.8) is 0 Å². The summed E-state index contributed by atoms with van der Waals surface area (Å²) in [5, 5.41) is 66.5. The second-order valence-electron chi connectivity index (χ2n) is 6.35. The van der Waals surface area contributed by atoms with E-state index in [0.29, 0.717) is 5.56 Å². The van der Waals surface area contributed by atoms with Gasteiger partial charge in [0.1, 0.15) is 37.1 Å². The van der Waals surface area contributed by atoms with Crippen molar-refractivity contribution in [3.8, 4) is 11.5 Å². The van der Waals surface area contributed by atoms with Crippen LogP contribution in [0.4, 0.5) is 0 Å². The molecule has 0 aromatic heterocycles. The number of carbonyl (C=O) groups is 1. The Labute approximate surface area is 165 Å². The molecule has 2 rings (SSSR count). The Morgan fingerprint density at radius 3 is 2.45 bits per heavy atom. The van der Waals surface area contributed by atoms with Crippen molar-refractivity contribution in [2.45, 2.75) is 36.8 Å². The van der Waals surface area contributed by atoms with Gasteiger partial charge in [0.25, 0.3) is 0 Å². The summed E-state index contributed by atoms with van der Waals surface area (Å²) in [5.74, 6) is -1.46. The molecule has 0 bridgehead atoms. The van der Waals surface area contributed by atoms with E-state index < -0.39 is 62.6 Å². The summed E-state index contributed by atoms with van der Waals surface area (Å²) < 4.78 is 15.4. The summed E-state index contributed by atoms with van der Waals surface area (Å²) >= 11 is 0. The predicted molar refractivity (Wildman–Crippen MR) is 95.5 cm³/mol. The summed E-state index contributed by atoms with van der Waals surface area (Å²) in [6.07, 6.45) is -6.24. The molecule has 1 aliphatic rings. The highest BCUT2D eigenvalue weighted by Crippen LogP contribution is 2.25. The molecule has 1 saturated heterocycles. The number of rotatable bonds is 8. The van der Waals surface area contributed by atoms with Crippen molar-refractivity contribution in [2.24, 2.45) is 0 Å². The number of phenolic OH excluding ortho intramolecular Hbond substituents is 2. The lowest BCUT2D eigenvalue weighted by Crippen LogP contribution is -2.60. The first-order chi connectivity index (χ1) is 13.8. The van der Waals surface area contributed by atoms with Gasteiger partial charge in [0, 0.05) is 6.08 Å². The maximum atomic E-state index is 11.8. The summed E-state index contributed by atoms with van der Waals surface area (Å²) in [6, 6.07) is 3.94. The van der Waals surface area contributed by atoms with E-state index in [1.54, 1.807) is 0 Å². The molecule has 11 heteroatoms. The molecule has 0 aliphatic carbocycles. The number of benzene rings is 1. The Hall–Kier alpha value is -2.25. The van der Waals surface area contributed by atoms with Crippen molar-refractivity contribution in [2.75, 3.05) is 19.8 Å². The van der Waals surface area contributed by atoms with Gasteiger partial charge < -0.3 is 50.0 Å². The van der Waals surface area contributed by atoms with Crippen LogP contribution in [0, 0.1) is 0 Å². The fourth-order valence-electron chi connectivity index (χ4n) is 2.54. The minimum Gasteiger partial charge on any atom is -0.504 e. The van der Waals surface area contributed by atoms with Crippen LogP contribution in [0.25, 0.3) is 6.08 Å². The molecular formula is C18H24O11. The standard InChI is InChI=1S/C18H24O11/c19-6-10(28-18-17(26)16(25)15(24)13(7-20)29-18)8-27-14(23)4-2-9-1-3-11(21)12(22)5-9/h1-5,10,13,15-22,24-26H,6-8H2. The van der Waals surface area contributed by atoms with Gasteiger partial charge in [0.05, 0.1) is 13.2 Å². The summed E-state index contributed by atoms with van der Waals surface area (Å²) in [7, 11) is 0. The molecule has 7 N–H and O–H groups in total. The van der Waals surface area contributed by atoms with Crippen LogP contribution in [-0.2, 0) is 19.0 Å². The fourth-order valence-corrected chi connectivity index (χ4v) is 2.54. The van der Waals surface area contributed by atoms with Gasteiger partial charge in [-0.1, -0.05) is 6.07 Å². The summed E-state index contributed by atoms with van der Waals surface area (Å²) in [5.41, 5.74) is 0.425. The van der Waals surface area contributed by atoms with Gasteiger partial charge in [-0.25, -0.2) is 4.79 Å². The first kappa shape index (κ1) is 23.0. The fraction of sp³-hybridized carbons (Fsp3) is 0.500. The molecule has 1 heterocycles. The van der Waals surface area contributed by atoms with Gasteiger partial charge >= 0.3 is 5.97 Å². The normalized spacial score (nSPS) is 28.4. The number of aliphatic hydroxyl groups excluding tert-OH is 5. The zero-order valence-corrected chi connectivity index (χ0v) is 15.2. The number of ether oxygens (including phenoxy) is 3. The number of aromatic hydroxyl groups is 2. The van der Waals surface area contributed by atoms with E-state index >= 15 is 0 Å². The number of hydrogen-bond acceptors (Lipinski definition) is 11. The van der Waals surface area contributed by atoms with Gasteiger partial charge in [-0.3, -0.25) is 0 Å². The first-order valence-corrected chi connectivity index (χ1v) is 8.70. The lowest BCUT2D eigenvalue weighted by molar-refractivity contribution is -0.315. The number of carbonyl (C=O) groups excluding carboxylic acids is 1. The summed E-state index contributed by atoms with van der Waals surface area (Å²) in [4.78, 5) is 11.8. The minimum absolute atomic E-state index is 0.305. The third-order valence-electron chi connectivity index (χ3n) is 4.20. The molecule has 162 valence electrons. The molecule has 0 spiro atoms. The van der Waals surface area contributed by atoms with Crippen LogP contribution < -0.4 is 0 Å². The Morgan fingerprint density at radius 2 is 1.83 bits per heavy atom. The van der Waals surface area contributed by atoms with Gasteiger partial charge in [0.15, 0.2) is 17.8 Å². The lowest BCUT2D eigenvalue weighted by atomic mass is 9.99. The van der Waals surface area contributed by atoms with E-state index in [4.69, 9.17) is 19.3 Å². The maximum absolute atomic E-state index is 11.8. The van der Waals surface area contributed by atoms with E-state index in [-0.39, 0.29) is 11.5 Å². The Kier molecular flexibility index (Phi) is 8.34. The molecular weight excluding hydrogens is 392 g/mol. The van der Waals surface area contributed by atoms with Crippen LogP contribution in [0.1, 0.15) is 5.56 Å². The van der Waals surface area contributed by atoms with E-state index in [0.717, 1.165) is 6.08 Å². The van der Waals surface area contributed by atoms with Crippen molar-refractivity contribution >= 4 is 12.0 Å². The molecule has 1 aromatic rings. The molecule has 0 saturated carbocycles. The number of hydrogen-bond donors (Lipinski definition) is 7. The monoisotopic (exact) mass is 416 g/mol. The smallest absolute Gasteiger partial charge is 0.330 e. The average molecular weight is 416 g/mol. The zero-order valence-electron chi connectivity index (χ0n) is 15.2. The highest BCUT2D eigenvalue weighted by atomic mass is 16.7. The van der Waals surface area contributed by atoms with Gasteiger partial charge in [-0.05, 0) is 23.8 Å². The van der Waals surface area contributed by atoms with Gasteiger partial charge in [0.2, 0.25) is 0 Å². The minimum atomic E-state index is -1.65. The maximum Gasteiger partial charge on any atom is 0.330 e. The van der Waals surface area contributed by atoms with E-state index in [1.807, 2.05) is 0 Å². The van der Waals surface area contributed by atoms with Crippen LogP contribution in [0.5, 0.6) is 11.5 Å². The molecule has 6 atom stereocenters. The third-order valence-corrected chi connectivity index (χ3v) is 4.20. The van der Waals surface area contributed by atoms with Crippen LogP contribution in [0.3, 0.4) is 0 Å². The zero-order chi connectivity index (χ0) is 21.6. The third kappa shape index (κ3) is 6.11. The van der Waals surface area contributed by atoms with Crippen molar-refractivity contribution in [1.29, 1.82) is 0 Å². The average Bonchev–Trinajstić information content (AvgIpc) is 2.71. The number of phenols is 2. The van der Waals surface area contributed by atoms with E-state index in [1.165, 1.54) is 24.3 Å². The highest BCUT2D eigenvalue weighted by molar-refractivity contribution is 5.87. The highest BCUT2D eigenvalue weighted by Gasteiger charge is 2.44. The first-order valence-electron chi connectivity index (χ1n) is 8.70. The van der Waals surface area contributed by atoms with Crippen LogP contribution >= 0.6 is 0 Å². The van der Waals surface area contributed by atoms with Crippen molar-refractivity contribution < 1.29 is 54.8 Å². The quantitative estimate of drug-likeness (QED) is 0.139. The largest absolute Gasteiger partial charge is 0.504 e. The molecule has 0 radical (unpaired) electrons. The van der Waals surface area contributed by atoms with Crippen molar-refractivity contribution in [1.82, 2.24) is 0 Å². The number of aliphatic hydroxyl groups is 5. The second-order valence-corrected chi connectivity index (χ2v) is 6.35. The molecule has 1 aromatic carbocycles. The van der Waals surface area contributed by atoms with Crippen LogP contribution in [-0.4, -0.2) is 98.3 Å². The van der Waals surface area contributed by atoms with Crippen LogP contribution in [0.2, 0.25) is 0 Å². The topological polar surface area (TPSA) is 186 Å². The van der Waals surface area contributed by atoms with E-state index in [9.17, 15) is 35.4 Å². The van der Waals surface area contributed by atoms with Gasteiger partial charge in [-0.15, -0.1) is 0 Å². The van der Waals surface area contributed by atoms with Crippen molar-refractivity contribution in [3.05, 3.63) is 29.8 Å². The summed E-state index contributed by atoms with van der Waals surface area (Å²) in [6.45, 7) is -1.67.